The lowest BCUT2D eigenvalue weighted by atomic mass is 9.85. The van der Waals surface area contributed by atoms with Crippen LogP contribution in [0.2, 0.25) is 0 Å². The Balaban J connectivity index is 2.52. The van der Waals surface area contributed by atoms with E-state index in [9.17, 15) is 4.79 Å². The lowest BCUT2D eigenvalue weighted by Gasteiger charge is -2.21. The molecule has 0 saturated carbocycles. The summed E-state index contributed by atoms with van der Waals surface area (Å²) in [6.07, 6.45) is 5.00. The van der Waals surface area contributed by atoms with Gasteiger partial charge in [-0.2, -0.15) is 0 Å². The van der Waals surface area contributed by atoms with E-state index in [2.05, 4.69) is 24.9 Å². The summed E-state index contributed by atoms with van der Waals surface area (Å²) in [5.74, 6) is 0.681. The smallest absolute Gasteiger partial charge is 0.246 e. The first-order chi connectivity index (χ1) is 6.65. The number of allylic oxidation sites excluding steroid dienone is 2. The molecular formula is C12H19NO. The molecular weight excluding hydrogens is 174 g/mol. The minimum atomic E-state index is 0.104. The first-order valence-electron chi connectivity index (χ1n) is 5.27. The van der Waals surface area contributed by atoms with Gasteiger partial charge in [-0.1, -0.05) is 18.2 Å². The lowest BCUT2D eigenvalue weighted by Crippen LogP contribution is -2.26. The van der Waals surface area contributed by atoms with Crippen molar-refractivity contribution in [2.75, 3.05) is 6.54 Å². The molecule has 1 N–H and O–H groups in total. The fourth-order valence-electron chi connectivity index (χ4n) is 1.76. The molecule has 2 heteroatoms. The molecule has 0 aromatic carbocycles. The Morgan fingerprint density at radius 3 is 2.86 bits per heavy atom. The summed E-state index contributed by atoms with van der Waals surface area (Å²) < 4.78 is 0. The third-order valence-corrected chi connectivity index (χ3v) is 2.74. The number of likely N-dealkylation sites (N-methyl/N-ethyl adjacent to an activating group) is 1. The fraction of sp³-hybridized carbons (Fsp3) is 0.583. The minimum Gasteiger partial charge on any atom is -0.353 e. The molecule has 0 heterocycles. The molecule has 0 bridgehead atoms. The molecule has 0 radical (unpaired) electrons. The normalized spacial score (nSPS) is 21.3. The molecule has 0 aliphatic heterocycles. The minimum absolute atomic E-state index is 0.104. The van der Waals surface area contributed by atoms with Gasteiger partial charge in [0.25, 0.3) is 0 Å². The first kappa shape index (κ1) is 11.0. The van der Waals surface area contributed by atoms with Crippen LogP contribution in [-0.4, -0.2) is 12.5 Å². The van der Waals surface area contributed by atoms with Crippen LogP contribution in [0.4, 0.5) is 0 Å². The fourth-order valence-corrected chi connectivity index (χ4v) is 1.76. The molecule has 1 rings (SSSR count). The zero-order valence-electron chi connectivity index (χ0n) is 9.10. The summed E-state index contributed by atoms with van der Waals surface area (Å²) >= 11 is 0. The summed E-state index contributed by atoms with van der Waals surface area (Å²) in [5.41, 5.74) is 2.18. The summed E-state index contributed by atoms with van der Waals surface area (Å²) in [5, 5.41) is 2.83. The SMILES string of the molecule is C=C(C)C1CC=C(C(=O)NCC)CC1. The predicted octanol–water partition coefficient (Wildman–Crippen LogP) is 2.43. The highest BCUT2D eigenvalue weighted by Crippen LogP contribution is 2.27. The molecule has 1 aliphatic carbocycles. The summed E-state index contributed by atoms with van der Waals surface area (Å²) in [4.78, 5) is 11.5. The van der Waals surface area contributed by atoms with E-state index in [4.69, 9.17) is 0 Å². The highest BCUT2D eigenvalue weighted by Gasteiger charge is 2.18. The van der Waals surface area contributed by atoms with Crippen molar-refractivity contribution in [2.45, 2.75) is 33.1 Å². The van der Waals surface area contributed by atoms with Gasteiger partial charge in [0.1, 0.15) is 0 Å². The van der Waals surface area contributed by atoms with E-state index >= 15 is 0 Å². The van der Waals surface area contributed by atoms with Crippen LogP contribution in [0.3, 0.4) is 0 Å². The van der Waals surface area contributed by atoms with Gasteiger partial charge in [0.15, 0.2) is 0 Å². The molecule has 0 spiro atoms. The van der Waals surface area contributed by atoms with E-state index in [1.54, 1.807) is 0 Å². The van der Waals surface area contributed by atoms with E-state index in [0.717, 1.165) is 24.8 Å². The summed E-state index contributed by atoms with van der Waals surface area (Å²) in [7, 11) is 0. The maximum Gasteiger partial charge on any atom is 0.246 e. The van der Waals surface area contributed by atoms with Gasteiger partial charge in [0.05, 0.1) is 0 Å². The predicted molar refractivity (Wildman–Crippen MR) is 58.9 cm³/mol. The third-order valence-electron chi connectivity index (χ3n) is 2.74. The Hall–Kier alpha value is -1.05. The number of carbonyl (C=O) groups is 1. The Bertz CT molecular complexity index is 265. The van der Waals surface area contributed by atoms with Gasteiger partial charge in [-0.05, 0) is 39.0 Å². The summed E-state index contributed by atoms with van der Waals surface area (Å²) in [6.45, 7) is 8.67. The van der Waals surface area contributed by atoms with Gasteiger partial charge in [0, 0.05) is 12.1 Å². The highest BCUT2D eigenvalue weighted by atomic mass is 16.1. The number of carbonyl (C=O) groups excluding carboxylic acids is 1. The number of hydrogen-bond acceptors (Lipinski definition) is 1. The second-order valence-electron chi connectivity index (χ2n) is 3.91. The second kappa shape index (κ2) is 4.99. The molecule has 2 nitrogen and oxygen atoms in total. The van der Waals surface area contributed by atoms with Crippen molar-refractivity contribution in [3.8, 4) is 0 Å². The molecule has 1 unspecified atom stereocenters. The molecule has 78 valence electrons. The van der Waals surface area contributed by atoms with Gasteiger partial charge >= 0.3 is 0 Å². The van der Waals surface area contributed by atoms with E-state index in [-0.39, 0.29) is 5.91 Å². The van der Waals surface area contributed by atoms with Crippen molar-refractivity contribution in [1.29, 1.82) is 0 Å². The quantitative estimate of drug-likeness (QED) is 0.685. The maximum absolute atomic E-state index is 11.5. The monoisotopic (exact) mass is 193 g/mol. The van der Waals surface area contributed by atoms with Crippen LogP contribution in [0.1, 0.15) is 33.1 Å². The third kappa shape index (κ3) is 2.72. The van der Waals surface area contributed by atoms with E-state index in [0.29, 0.717) is 12.5 Å². The van der Waals surface area contributed by atoms with Crippen LogP contribution in [0.25, 0.3) is 0 Å². The van der Waals surface area contributed by atoms with Crippen molar-refractivity contribution >= 4 is 5.91 Å². The van der Waals surface area contributed by atoms with Crippen molar-refractivity contribution < 1.29 is 4.79 Å². The average Bonchev–Trinajstić information content (AvgIpc) is 2.18. The molecule has 1 amide bonds. The van der Waals surface area contributed by atoms with Gasteiger partial charge in [-0.15, -0.1) is 0 Å². The molecule has 14 heavy (non-hydrogen) atoms. The molecule has 0 saturated heterocycles. The van der Waals surface area contributed by atoms with Crippen LogP contribution in [0.15, 0.2) is 23.8 Å². The van der Waals surface area contributed by atoms with Crippen molar-refractivity contribution in [1.82, 2.24) is 5.32 Å². The number of rotatable bonds is 3. The largest absolute Gasteiger partial charge is 0.353 e. The number of nitrogens with one attached hydrogen (secondary N) is 1. The molecule has 0 fully saturated rings. The zero-order chi connectivity index (χ0) is 10.6. The molecule has 0 aromatic heterocycles. The van der Waals surface area contributed by atoms with Crippen LogP contribution >= 0.6 is 0 Å². The van der Waals surface area contributed by atoms with E-state index < -0.39 is 0 Å². The topological polar surface area (TPSA) is 29.1 Å². The Kier molecular flexibility index (Phi) is 3.93. The Morgan fingerprint density at radius 1 is 1.71 bits per heavy atom. The van der Waals surface area contributed by atoms with Gasteiger partial charge < -0.3 is 5.32 Å². The highest BCUT2D eigenvalue weighted by molar-refractivity contribution is 5.93. The Labute approximate surface area is 86.1 Å². The first-order valence-corrected chi connectivity index (χ1v) is 5.27. The van der Waals surface area contributed by atoms with Gasteiger partial charge in [-0.25, -0.2) is 0 Å². The number of hydrogen-bond donors (Lipinski definition) is 1. The van der Waals surface area contributed by atoms with Crippen molar-refractivity contribution in [3.05, 3.63) is 23.8 Å². The molecule has 1 atom stereocenters. The average molecular weight is 193 g/mol. The van der Waals surface area contributed by atoms with E-state index in [1.165, 1.54) is 5.57 Å². The zero-order valence-corrected chi connectivity index (χ0v) is 9.10. The van der Waals surface area contributed by atoms with E-state index in [1.807, 2.05) is 6.92 Å². The Morgan fingerprint density at radius 2 is 2.43 bits per heavy atom. The van der Waals surface area contributed by atoms with Crippen LogP contribution in [0.5, 0.6) is 0 Å². The number of amides is 1. The lowest BCUT2D eigenvalue weighted by molar-refractivity contribution is -0.117. The summed E-state index contributed by atoms with van der Waals surface area (Å²) in [6, 6.07) is 0. The molecule has 0 aromatic rings. The maximum atomic E-state index is 11.5. The van der Waals surface area contributed by atoms with Crippen LogP contribution < -0.4 is 5.32 Å². The standard InChI is InChI=1S/C12H19NO/c1-4-13-12(14)11-7-5-10(6-8-11)9(2)3/h7,10H,2,4-6,8H2,1,3H3,(H,13,14). The second-order valence-corrected chi connectivity index (χ2v) is 3.91. The van der Waals surface area contributed by atoms with Crippen LogP contribution in [-0.2, 0) is 4.79 Å². The van der Waals surface area contributed by atoms with Gasteiger partial charge in [0.2, 0.25) is 5.91 Å². The van der Waals surface area contributed by atoms with Crippen molar-refractivity contribution in [3.63, 3.8) is 0 Å². The molecule has 1 aliphatic rings. The van der Waals surface area contributed by atoms with Crippen LogP contribution in [0, 0.1) is 5.92 Å². The van der Waals surface area contributed by atoms with Gasteiger partial charge in [-0.3, -0.25) is 4.79 Å². The van der Waals surface area contributed by atoms with Crippen molar-refractivity contribution in [2.24, 2.45) is 5.92 Å².